The Morgan fingerprint density at radius 1 is 0.707 bits per heavy atom. The number of carbonyl (C=O) groups excluding carboxylic acids is 1. The zero-order chi connectivity index (χ0) is 30.1. The number of nitrogens with zero attached hydrogens (tertiary/aromatic N) is 3. The zero-order valence-corrected chi connectivity index (χ0v) is 28.5. The average Bonchev–Trinajstić information content (AvgIpc) is 2.93. The molecule has 0 aromatic carbocycles. The maximum atomic E-state index is 13.8. The normalized spacial score (nSPS) is 15.9. The molecule has 1 aliphatic rings. The third-order valence-corrected chi connectivity index (χ3v) is 8.82. The van der Waals surface area contributed by atoms with Gasteiger partial charge in [0.2, 0.25) is 0 Å². The van der Waals surface area contributed by atoms with Crippen molar-refractivity contribution < 1.29 is 9.90 Å². The maximum absolute atomic E-state index is 13.8. The van der Waals surface area contributed by atoms with Crippen molar-refractivity contribution in [3.05, 3.63) is 0 Å². The second kappa shape index (κ2) is 25.7. The monoisotopic (exact) mass is 580 g/mol. The number of aliphatic hydroxyl groups excluding tert-OH is 1. The van der Waals surface area contributed by atoms with Gasteiger partial charge < -0.3 is 19.8 Å². The standard InChI is InChI=1S/C36H73N3O2/c1-6-7-8-9-10-11-12-13-14-15-16-17-18-19-20-22-26-38(29-28-37(31-33(2)3)32-34(4)5)36(41)39-27-23-21-24-35(39)25-30-40/h33-35,40H,6-32H2,1-5H3. The number of hydrogen-bond acceptors (Lipinski definition) is 3. The minimum Gasteiger partial charge on any atom is -0.396 e. The highest BCUT2D eigenvalue weighted by Crippen LogP contribution is 2.22. The minimum atomic E-state index is 0.171. The predicted octanol–water partition coefficient (Wildman–Crippen LogP) is 9.52. The van der Waals surface area contributed by atoms with Gasteiger partial charge in [-0.05, 0) is 43.9 Å². The van der Waals surface area contributed by atoms with Crippen LogP contribution < -0.4 is 0 Å². The molecule has 1 heterocycles. The van der Waals surface area contributed by atoms with Crippen molar-refractivity contribution in [2.45, 2.75) is 169 Å². The molecule has 0 saturated carbocycles. The van der Waals surface area contributed by atoms with Gasteiger partial charge in [-0.1, -0.05) is 131 Å². The number of carbonyl (C=O) groups is 1. The fraction of sp³-hybridized carbons (Fsp3) is 0.972. The van der Waals surface area contributed by atoms with Crippen molar-refractivity contribution in [2.75, 3.05) is 45.9 Å². The molecule has 1 N–H and O–H groups in total. The summed E-state index contributed by atoms with van der Waals surface area (Å²) in [6.07, 6.45) is 26.0. The van der Waals surface area contributed by atoms with E-state index in [-0.39, 0.29) is 18.7 Å². The number of unbranched alkanes of at least 4 members (excludes halogenated alkanes) is 15. The molecule has 2 amide bonds. The van der Waals surface area contributed by atoms with Gasteiger partial charge in [0.05, 0.1) is 0 Å². The Balaban J connectivity index is 2.38. The quantitative estimate of drug-likeness (QED) is 0.104. The Kier molecular flexibility index (Phi) is 23.9. The molecular formula is C36H73N3O2. The van der Waals surface area contributed by atoms with Crippen molar-refractivity contribution in [3.63, 3.8) is 0 Å². The van der Waals surface area contributed by atoms with Crippen LogP contribution in [0.25, 0.3) is 0 Å². The number of piperidine rings is 1. The lowest BCUT2D eigenvalue weighted by Crippen LogP contribution is -2.52. The lowest BCUT2D eigenvalue weighted by molar-refractivity contribution is 0.0964. The summed E-state index contributed by atoms with van der Waals surface area (Å²) in [6, 6.07) is 0.426. The Hall–Kier alpha value is -0.810. The Bertz CT molecular complexity index is 585. The first-order valence-electron chi connectivity index (χ1n) is 18.3. The van der Waals surface area contributed by atoms with Gasteiger partial charge in [0.25, 0.3) is 0 Å². The summed E-state index contributed by atoms with van der Waals surface area (Å²) >= 11 is 0. The number of likely N-dealkylation sites (tertiary alicyclic amines) is 1. The molecule has 41 heavy (non-hydrogen) atoms. The van der Waals surface area contributed by atoms with Crippen LogP contribution in [-0.4, -0.2) is 77.8 Å². The van der Waals surface area contributed by atoms with E-state index in [0.717, 1.165) is 58.5 Å². The highest BCUT2D eigenvalue weighted by Gasteiger charge is 2.29. The number of rotatable bonds is 26. The van der Waals surface area contributed by atoms with Crippen LogP contribution >= 0.6 is 0 Å². The van der Waals surface area contributed by atoms with Gasteiger partial charge in [0, 0.05) is 51.9 Å². The fourth-order valence-electron chi connectivity index (χ4n) is 6.59. The van der Waals surface area contributed by atoms with E-state index in [2.05, 4.69) is 49.3 Å². The molecule has 0 aromatic heterocycles. The van der Waals surface area contributed by atoms with E-state index in [0.29, 0.717) is 18.3 Å². The molecule has 1 aliphatic heterocycles. The van der Waals surface area contributed by atoms with Gasteiger partial charge in [-0.2, -0.15) is 0 Å². The van der Waals surface area contributed by atoms with Crippen LogP contribution in [0.15, 0.2) is 0 Å². The summed E-state index contributed by atoms with van der Waals surface area (Å²) < 4.78 is 0. The van der Waals surface area contributed by atoms with Gasteiger partial charge in [0.1, 0.15) is 0 Å². The average molecular weight is 580 g/mol. The van der Waals surface area contributed by atoms with Crippen molar-refractivity contribution in [3.8, 4) is 0 Å². The van der Waals surface area contributed by atoms with Crippen molar-refractivity contribution in [1.29, 1.82) is 0 Å². The maximum Gasteiger partial charge on any atom is 0.320 e. The van der Waals surface area contributed by atoms with Gasteiger partial charge in [-0.3, -0.25) is 0 Å². The molecule has 0 aromatic rings. The Morgan fingerprint density at radius 2 is 1.20 bits per heavy atom. The van der Waals surface area contributed by atoms with E-state index in [4.69, 9.17) is 0 Å². The van der Waals surface area contributed by atoms with Crippen LogP contribution in [0.4, 0.5) is 4.79 Å². The van der Waals surface area contributed by atoms with Gasteiger partial charge in [0.15, 0.2) is 0 Å². The van der Waals surface area contributed by atoms with Crippen LogP contribution in [-0.2, 0) is 0 Å². The lowest BCUT2D eigenvalue weighted by atomic mass is 10.00. The van der Waals surface area contributed by atoms with Gasteiger partial charge in [-0.25, -0.2) is 4.79 Å². The Labute approximate surface area is 257 Å². The summed E-state index contributed by atoms with van der Waals surface area (Å²) in [6.45, 7) is 17.3. The van der Waals surface area contributed by atoms with Gasteiger partial charge in [-0.15, -0.1) is 0 Å². The summed E-state index contributed by atoms with van der Waals surface area (Å²) in [5.41, 5.74) is 0. The molecule has 5 heteroatoms. The molecule has 0 bridgehead atoms. The molecule has 0 aliphatic carbocycles. The highest BCUT2D eigenvalue weighted by molar-refractivity contribution is 5.75. The van der Waals surface area contributed by atoms with Crippen LogP contribution in [0.5, 0.6) is 0 Å². The van der Waals surface area contributed by atoms with Crippen LogP contribution in [0.2, 0.25) is 0 Å². The first kappa shape index (κ1) is 38.2. The third kappa shape index (κ3) is 19.9. The van der Waals surface area contributed by atoms with Crippen LogP contribution in [0.3, 0.4) is 0 Å². The minimum absolute atomic E-state index is 0.171. The SMILES string of the molecule is CCCCCCCCCCCCCCCCCCN(CCN(CC(C)C)CC(C)C)C(=O)N1CCCCC1CCO. The summed E-state index contributed by atoms with van der Waals surface area (Å²) in [7, 11) is 0. The topological polar surface area (TPSA) is 47.0 Å². The van der Waals surface area contributed by atoms with E-state index in [1.54, 1.807) is 0 Å². The highest BCUT2D eigenvalue weighted by atomic mass is 16.3. The molecule has 1 atom stereocenters. The molecular weight excluding hydrogens is 506 g/mol. The van der Waals surface area contributed by atoms with Crippen molar-refractivity contribution in [2.24, 2.45) is 11.8 Å². The molecule has 244 valence electrons. The number of urea groups is 1. The number of hydrogen-bond donors (Lipinski definition) is 1. The smallest absolute Gasteiger partial charge is 0.320 e. The summed E-state index contributed by atoms with van der Waals surface area (Å²) in [5, 5.41) is 9.60. The summed E-state index contributed by atoms with van der Waals surface area (Å²) in [5.74, 6) is 1.27. The Morgan fingerprint density at radius 3 is 1.66 bits per heavy atom. The first-order valence-corrected chi connectivity index (χ1v) is 18.3. The fourth-order valence-corrected chi connectivity index (χ4v) is 6.59. The van der Waals surface area contributed by atoms with E-state index >= 15 is 0 Å². The molecule has 5 nitrogen and oxygen atoms in total. The van der Waals surface area contributed by atoms with E-state index < -0.39 is 0 Å². The number of amides is 2. The molecule has 0 radical (unpaired) electrons. The zero-order valence-electron chi connectivity index (χ0n) is 28.5. The summed E-state index contributed by atoms with van der Waals surface area (Å²) in [4.78, 5) is 20.6. The number of aliphatic hydroxyl groups is 1. The second-order valence-corrected chi connectivity index (χ2v) is 14.0. The van der Waals surface area contributed by atoms with Crippen molar-refractivity contribution >= 4 is 6.03 Å². The molecule has 1 saturated heterocycles. The molecule has 1 fully saturated rings. The predicted molar refractivity (Wildman–Crippen MR) is 179 cm³/mol. The molecule has 1 unspecified atom stereocenters. The van der Waals surface area contributed by atoms with E-state index in [1.807, 2.05) is 0 Å². The largest absolute Gasteiger partial charge is 0.396 e. The molecule has 0 spiro atoms. The second-order valence-electron chi connectivity index (χ2n) is 14.0. The van der Waals surface area contributed by atoms with E-state index in [9.17, 15) is 9.90 Å². The molecule has 1 rings (SSSR count). The lowest BCUT2D eigenvalue weighted by Gasteiger charge is -2.39. The van der Waals surface area contributed by atoms with Gasteiger partial charge >= 0.3 is 6.03 Å². The first-order chi connectivity index (χ1) is 19.9. The third-order valence-electron chi connectivity index (χ3n) is 8.82. The van der Waals surface area contributed by atoms with Crippen molar-refractivity contribution in [1.82, 2.24) is 14.7 Å². The van der Waals surface area contributed by atoms with Crippen LogP contribution in [0, 0.1) is 11.8 Å². The van der Waals surface area contributed by atoms with Crippen LogP contribution in [0.1, 0.15) is 163 Å². The van der Waals surface area contributed by atoms with E-state index in [1.165, 1.54) is 103 Å².